The van der Waals surface area contributed by atoms with E-state index in [9.17, 15) is 4.79 Å². The molecule has 2 rings (SSSR count). The van der Waals surface area contributed by atoms with Gasteiger partial charge in [0.2, 0.25) is 0 Å². The molecule has 0 radical (unpaired) electrons. The van der Waals surface area contributed by atoms with Gasteiger partial charge in [-0.25, -0.2) is 4.98 Å². The quantitative estimate of drug-likeness (QED) is 0.862. The molecular weight excluding hydrogens is 228 g/mol. The number of pyridine rings is 2. The van der Waals surface area contributed by atoms with Crippen LogP contribution in [0.5, 0.6) is 0 Å². The van der Waals surface area contributed by atoms with Gasteiger partial charge in [-0.05, 0) is 31.2 Å². The van der Waals surface area contributed by atoms with Crippen molar-refractivity contribution in [3.63, 3.8) is 0 Å². The standard InChI is InChI=1S/C13H14N4O/c1-2-15-12-7-3-6-11(17-12)13(18)16-10-5-4-8-14-9-10/h3-9H,2H2,1H3,(H,15,17)(H,16,18). The fourth-order valence-corrected chi connectivity index (χ4v) is 1.47. The molecule has 0 fully saturated rings. The smallest absolute Gasteiger partial charge is 0.274 e. The molecular formula is C13H14N4O. The fraction of sp³-hybridized carbons (Fsp3) is 0.154. The fourth-order valence-electron chi connectivity index (χ4n) is 1.47. The molecule has 1 amide bonds. The van der Waals surface area contributed by atoms with E-state index in [1.54, 1.807) is 36.7 Å². The number of carbonyl (C=O) groups excluding carboxylic acids is 1. The Labute approximate surface area is 105 Å². The van der Waals surface area contributed by atoms with Crippen LogP contribution in [0.25, 0.3) is 0 Å². The lowest BCUT2D eigenvalue weighted by Gasteiger charge is -2.06. The number of aromatic nitrogens is 2. The zero-order chi connectivity index (χ0) is 12.8. The molecule has 0 aliphatic carbocycles. The number of hydrogen-bond acceptors (Lipinski definition) is 4. The van der Waals surface area contributed by atoms with Gasteiger partial charge < -0.3 is 10.6 Å². The van der Waals surface area contributed by atoms with Crippen molar-refractivity contribution in [2.24, 2.45) is 0 Å². The molecule has 5 heteroatoms. The monoisotopic (exact) mass is 242 g/mol. The second-order valence-electron chi connectivity index (χ2n) is 3.63. The van der Waals surface area contributed by atoms with Crippen molar-refractivity contribution >= 4 is 17.4 Å². The van der Waals surface area contributed by atoms with Crippen molar-refractivity contribution in [2.75, 3.05) is 17.2 Å². The second-order valence-corrected chi connectivity index (χ2v) is 3.63. The second kappa shape index (κ2) is 5.77. The van der Waals surface area contributed by atoms with Gasteiger partial charge in [-0.1, -0.05) is 6.07 Å². The lowest BCUT2D eigenvalue weighted by Crippen LogP contribution is -2.14. The Bertz CT molecular complexity index is 528. The van der Waals surface area contributed by atoms with Crippen molar-refractivity contribution in [2.45, 2.75) is 6.92 Å². The average molecular weight is 242 g/mol. The molecule has 2 N–H and O–H groups in total. The van der Waals surface area contributed by atoms with Gasteiger partial charge >= 0.3 is 0 Å². The number of hydrogen-bond donors (Lipinski definition) is 2. The minimum Gasteiger partial charge on any atom is -0.370 e. The third-order valence-corrected chi connectivity index (χ3v) is 2.26. The van der Waals surface area contributed by atoms with Gasteiger partial charge in [0, 0.05) is 12.7 Å². The Morgan fingerprint density at radius 2 is 2.17 bits per heavy atom. The number of nitrogens with one attached hydrogen (secondary N) is 2. The first kappa shape index (κ1) is 12.0. The van der Waals surface area contributed by atoms with Crippen LogP contribution in [-0.4, -0.2) is 22.4 Å². The van der Waals surface area contributed by atoms with E-state index in [4.69, 9.17) is 0 Å². The van der Waals surface area contributed by atoms with Gasteiger partial charge in [-0.2, -0.15) is 0 Å². The highest BCUT2D eigenvalue weighted by molar-refractivity contribution is 6.02. The molecule has 2 aromatic rings. The average Bonchev–Trinajstić information content (AvgIpc) is 2.40. The predicted molar refractivity (Wildman–Crippen MR) is 70.6 cm³/mol. The lowest BCUT2D eigenvalue weighted by atomic mass is 10.3. The summed E-state index contributed by atoms with van der Waals surface area (Å²) in [6, 6.07) is 8.83. The highest BCUT2D eigenvalue weighted by atomic mass is 16.1. The molecule has 18 heavy (non-hydrogen) atoms. The van der Waals surface area contributed by atoms with Gasteiger partial charge in [-0.3, -0.25) is 9.78 Å². The van der Waals surface area contributed by atoms with E-state index < -0.39 is 0 Å². The summed E-state index contributed by atoms with van der Waals surface area (Å²) in [5.74, 6) is 0.444. The van der Waals surface area contributed by atoms with Crippen molar-refractivity contribution in [3.8, 4) is 0 Å². The Hall–Kier alpha value is -2.43. The lowest BCUT2D eigenvalue weighted by molar-refractivity contribution is 0.102. The molecule has 0 saturated heterocycles. The topological polar surface area (TPSA) is 66.9 Å². The molecule has 0 aliphatic heterocycles. The number of carbonyl (C=O) groups is 1. The predicted octanol–water partition coefficient (Wildman–Crippen LogP) is 2.16. The van der Waals surface area contributed by atoms with E-state index in [0.29, 0.717) is 17.2 Å². The Balaban J connectivity index is 2.11. The van der Waals surface area contributed by atoms with Crippen LogP contribution in [0.1, 0.15) is 17.4 Å². The van der Waals surface area contributed by atoms with Crippen molar-refractivity contribution < 1.29 is 4.79 Å². The summed E-state index contributed by atoms with van der Waals surface area (Å²) < 4.78 is 0. The first-order valence-corrected chi connectivity index (χ1v) is 5.72. The highest BCUT2D eigenvalue weighted by Gasteiger charge is 2.08. The normalized spacial score (nSPS) is 9.83. The summed E-state index contributed by atoms with van der Waals surface area (Å²) >= 11 is 0. The summed E-state index contributed by atoms with van der Waals surface area (Å²) in [5, 5.41) is 5.80. The van der Waals surface area contributed by atoms with Gasteiger partial charge in [0.05, 0.1) is 11.9 Å². The summed E-state index contributed by atoms with van der Waals surface area (Å²) in [7, 11) is 0. The zero-order valence-electron chi connectivity index (χ0n) is 10.1. The number of anilines is 2. The summed E-state index contributed by atoms with van der Waals surface area (Å²) in [4.78, 5) is 20.1. The molecule has 2 heterocycles. The van der Waals surface area contributed by atoms with Crippen LogP contribution >= 0.6 is 0 Å². The minimum absolute atomic E-state index is 0.247. The van der Waals surface area contributed by atoms with Crippen molar-refractivity contribution in [1.82, 2.24) is 9.97 Å². The van der Waals surface area contributed by atoms with Crippen LogP contribution in [0.2, 0.25) is 0 Å². The SMILES string of the molecule is CCNc1cccc(C(=O)Nc2cccnc2)n1. The molecule has 5 nitrogen and oxygen atoms in total. The van der Waals surface area contributed by atoms with Crippen LogP contribution in [0, 0.1) is 0 Å². The third kappa shape index (κ3) is 3.04. The zero-order valence-corrected chi connectivity index (χ0v) is 10.1. The van der Waals surface area contributed by atoms with E-state index in [1.807, 2.05) is 13.0 Å². The van der Waals surface area contributed by atoms with E-state index >= 15 is 0 Å². The summed E-state index contributed by atoms with van der Waals surface area (Å²) in [6.07, 6.45) is 3.24. The van der Waals surface area contributed by atoms with Gasteiger partial charge in [0.15, 0.2) is 0 Å². The molecule has 92 valence electrons. The van der Waals surface area contributed by atoms with Gasteiger partial charge in [0.1, 0.15) is 11.5 Å². The van der Waals surface area contributed by atoms with Crippen molar-refractivity contribution in [3.05, 3.63) is 48.4 Å². The maximum Gasteiger partial charge on any atom is 0.274 e. The third-order valence-electron chi connectivity index (χ3n) is 2.26. The Kier molecular flexibility index (Phi) is 3.86. The molecule has 0 aromatic carbocycles. The van der Waals surface area contributed by atoms with Crippen LogP contribution in [-0.2, 0) is 0 Å². The van der Waals surface area contributed by atoms with Crippen molar-refractivity contribution in [1.29, 1.82) is 0 Å². The number of amides is 1. The minimum atomic E-state index is -0.247. The molecule has 0 aliphatic rings. The van der Waals surface area contributed by atoms with Gasteiger partial charge in [0.25, 0.3) is 5.91 Å². The van der Waals surface area contributed by atoms with E-state index in [-0.39, 0.29) is 5.91 Å². The molecule has 0 spiro atoms. The molecule has 0 saturated carbocycles. The first-order valence-electron chi connectivity index (χ1n) is 5.72. The number of nitrogens with zero attached hydrogens (tertiary/aromatic N) is 2. The maximum atomic E-state index is 11.9. The molecule has 0 atom stereocenters. The van der Waals surface area contributed by atoms with E-state index in [0.717, 1.165) is 6.54 Å². The Morgan fingerprint density at radius 1 is 1.28 bits per heavy atom. The first-order chi connectivity index (χ1) is 8.79. The molecule has 0 unspecified atom stereocenters. The maximum absolute atomic E-state index is 11.9. The van der Waals surface area contributed by atoms with Crippen LogP contribution in [0.15, 0.2) is 42.7 Å². The van der Waals surface area contributed by atoms with E-state index in [2.05, 4.69) is 20.6 Å². The Morgan fingerprint density at radius 3 is 2.89 bits per heavy atom. The van der Waals surface area contributed by atoms with Crippen LogP contribution < -0.4 is 10.6 Å². The summed E-state index contributed by atoms with van der Waals surface area (Å²) in [5.41, 5.74) is 1.02. The van der Waals surface area contributed by atoms with E-state index in [1.165, 1.54) is 0 Å². The van der Waals surface area contributed by atoms with Crippen LogP contribution in [0.3, 0.4) is 0 Å². The number of rotatable bonds is 4. The highest BCUT2D eigenvalue weighted by Crippen LogP contribution is 2.08. The largest absolute Gasteiger partial charge is 0.370 e. The summed E-state index contributed by atoms with van der Waals surface area (Å²) in [6.45, 7) is 2.74. The van der Waals surface area contributed by atoms with Gasteiger partial charge in [-0.15, -0.1) is 0 Å². The molecule has 2 aromatic heterocycles. The van der Waals surface area contributed by atoms with Crippen LogP contribution in [0.4, 0.5) is 11.5 Å². The molecule has 0 bridgehead atoms.